The highest BCUT2D eigenvalue weighted by Gasteiger charge is 2.31. The van der Waals surface area contributed by atoms with E-state index in [1.807, 2.05) is 6.07 Å². The number of benzene rings is 2. The van der Waals surface area contributed by atoms with Crippen LogP contribution in [0.1, 0.15) is 35.7 Å². The number of amides is 2. The van der Waals surface area contributed by atoms with Crippen molar-refractivity contribution < 1.29 is 22.4 Å². The summed E-state index contributed by atoms with van der Waals surface area (Å²) in [6.07, 6.45) is 2.31. The Hall–Kier alpha value is -2.78. The number of piperazine rings is 1. The Morgan fingerprint density at radius 2 is 1.70 bits per heavy atom. The van der Waals surface area contributed by atoms with Gasteiger partial charge in [0.15, 0.2) is 0 Å². The molecule has 2 fully saturated rings. The minimum Gasteiger partial charge on any atom is -0.340 e. The van der Waals surface area contributed by atoms with Gasteiger partial charge in [0.2, 0.25) is 15.9 Å². The Morgan fingerprint density at radius 3 is 2.33 bits per heavy atom. The van der Waals surface area contributed by atoms with Gasteiger partial charge in [0, 0.05) is 51.3 Å². The highest BCUT2D eigenvalue weighted by Crippen LogP contribution is 2.25. The van der Waals surface area contributed by atoms with E-state index in [0.717, 1.165) is 18.4 Å². The first-order chi connectivity index (χ1) is 15.8. The molecular formula is C24H28FN3O4S. The summed E-state index contributed by atoms with van der Waals surface area (Å²) >= 11 is 0. The second-order valence-electron chi connectivity index (χ2n) is 8.56. The van der Waals surface area contributed by atoms with E-state index < -0.39 is 10.0 Å². The summed E-state index contributed by atoms with van der Waals surface area (Å²) in [6, 6.07) is 12.5. The third kappa shape index (κ3) is 5.09. The van der Waals surface area contributed by atoms with Gasteiger partial charge in [-0.15, -0.1) is 0 Å². The summed E-state index contributed by atoms with van der Waals surface area (Å²) in [6.45, 7) is 3.33. The zero-order valence-corrected chi connectivity index (χ0v) is 19.4. The molecule has 2 aliphatic rings. The van der Waals surface area contributed by atoms with Gasteiger partial charge in [-0.2, -0.15) is 4.31 Å². The molecule has 0 N–H and O–H groups in total. The summed E-state index contributed by atoms with van der Waals surface area (Å²) in [4.78, 5) is 28.2. The topological polar surface area (TPSA) is 78.0 Å². The average molecular weight is 474 g/mol. The molecular weight excluding hydrogens is 445 g/mol. The van der Waals surface area contributed by atoms with Crippen molar-refractivity contribution in [2.45, 2.75) is 37.1 Å². The lowest BCUT2D eigenvalue weighted by Gasteiger charge is -2.33. The third-order valence-corrected chi connectivity index (χ3v) is 8.33. The molecule has 2 heterocycles. The van der Waals surface area contributed by atoms with E-state index in [-0.39, 0.29) is 41.7 Å². The fraction of sp³-hybridized carbons (Fsp3) is 0.417. The van der Waals surface area contributed by atoms with Gasteiger partial charge >= 0.3 is 0 Å². The van der Waals surface area contributed by atoms with Crippen molar-refractivity contribution in [1.29, 1.82) is 0 Å². The van der Waals surface area contributed by atoms with Gasteiger partial charge in [0.05, 0.1) is 4.90 Å². The normalized spacial score (nSPS) is 19.6. The maximum atomic E-state index is 13.5. The van der Waals surface area contributed by atoms with E-state index in [2.05, 4.69) is 0 Å². The van der Waals surface area contributed by atoms with Crippen LogP contribution in [0.3, 0.4) is 0 Å². The summed E-state index contributed by atoms with van der Waals surface area (Å²) in [5.74, 6) is -0.497. The molecule has 0 spiro atoms. The number of nitrogens with zero attached hydrogens (tertiary/aromatic N) is 3. The van der Waals surface area contributed by atoms with Gasteiger partial charge in [-0.25, -0.2) is 12.8 Å². The van der Waals surface area contributed by atoms with Crippen LogP contribution in [0, 0.1) is 5.82 Å². The molecule has 2 aromatic rings. The predicted octanol–water partition coefficient (Wildman–Crippen LogP) is 2.53. The van der Waals surface area contributed by atoms with E-state index >= 15 is 0 Å². The molecule has 0 aliphatic carbocycles. The maximum Gasteiger partial charge on any atom is 0.254 e. The number of hydrogen-bond acceptors (Lipinski definition) is 4. The first kappa shape index (κ1) is 23.4. The van der Waals surface area contributed by atoms with Crippen LogP contribution in [0.15, 0.2) is 53.4 Å². The van der Waals surface area contributed by atoms with Crippen LogP contribution < -0.4 is 0 Å². The minimum atomic E-state index is -3.69. The second-order valence-corrected chi connectivity index (χ2v) is 10.5. The van der Waals surface area contributed by atoms with Crippen LogP contribution in [0.2, 0.25) is 0 Å². The first-order valence-electron chi connectivity index (χ1n) is 11.2. The van der Waals surface area contributed by atoms with Crippen molar-refractivity contribution in [2.75, 3.05) is 32.7 Å². The van der Waals surface area contributed by atoms with Gasteiger partial charge in [-0.1, -0.05) is 12.1 Å². The monoisotopic (exact) mass is 473 g/mol. The first-order valence-corrected chi connectivity index (χ1v) is 12.6. The lowest BCUT2D eigenvalue weighted by Crippen LogP contribution is -2.49. The molecule has 7 nitrogen and oxygen atoms in total. The molecule has 9 heteroatoms. The molecule has 1 unspecified atom stereocenters. The fourth-order valence-electron chi connectivity index (χ4n) is 4.58. The summed E-state index contributed by atoms with van der Waals surface area (Å²) in [5, 5.41) is 0. The Kier molecular flexibility index (Phi) is 6.81. The quantitative estimate of drug-likeness (QED) is 0.669. The Morgan fingerprint density at radius 1 is 1.00 bits per heavy atom. The highest BCUT2D eigenvalue weighted by atomic mass is 32.2. The average Bonchev–Trinajstić information content (AvgIpc) is 3.26. The molecule has 2 aliphatic heterocycles. The van der Waals surface area contributed by atoms with Gasteiger partial charge in [0.1, 0.15) is 5.82 Å². The van der Waals surface area contributed by atoms with E-state index in [0.29, 0.717) is 31.6 Å². The van der Waals surface area contributed by atoms with Crippen molar-refractivity contribution in [1.82, 2.24) is 14.1 Å². The van der Waals surface area contributed by atoms with E-state index in [4.69, 9.17) is 0 Å². The number of sulfonamides is 1. The number of carbonyl (C=O) groups is 2. The number of hydrogen-bond donors (Lipinski definition) is 0. The standard InChI is InChI=1S/C24H28FN3O4S/c1-18(29)26-12-14-27(15-13-26)33(31,32)23-9-7-20(8-10-23)24(30)28-11-3-6-22(28)17-19-4-2-5-21(25)16-19/h2,4-5,7-10,16,22H,3,6,11-15,17H2,1H3. The SMILES string of the molecule is CC(=O)N1CCN(S(=O)(=O)c2ccc(C(=O)N3CCCC3Cc3cccc(F)c3)cc2)CC1. The fourth-order valence-corrected chi connectivity index (χ4v) is 6.00. The molecule has 2 saturated heterocycles. The largest absolute Gasteiger partial charge is 0.340 e. The van der Waals surface area contributed by atoms with Crippen LogP contribution in [0.4, 0.5) is 4.39 Å². The Labute approximate surface area is 193 Å². The van der Waals surface area contributed by atoms with Crippen LogP contribution in [0.5, 0.6) is 0 Å². The van der Waals surface area contributed by atoms with Crippen molar-refractivity contribution >= 4 is 21.8 Å². The van der Waals surface area contributed by atoms with Gasteiger partial charge in [-0.05, 0) is 61.2 Å². The van der Waals surface area contributed by atoms with Crippen molar-refractivity contribution in [3.63, 3.8) is 0 Å². The minimum absolute atomic E-state index is 0.0136. The van der Waals surface area contributed by atoms with Crippen molar-refractivity contribution in [3.05, 3.63) is 65.5 Å². The van der Waals surface area contributed by atoms with Gasteiger partial charge < -0.3 is 9.80 Å². The maximum absolute atomic E-state index is 13.5. The summed E-state index contributed by atoms with van der Waals surface area (Å²) in [7, 11) is -3.69. The summed E-state index contributed by atoms with van der Waals surface area (Å²) in [5.41, 5.74) is 1.28. The number of carbonyl (C=O) groups excluding carboxylic acids is 2. The van der Waals surface area contributed by atoms with E-state index in [9.17, 15) is 22.4 Å². The molecule has 0 aromatic heterocycles. The number of likely N-dealkylation sites (tertiary alicyclic amines) is 1. The predicted molar refractivity (Wildman–Crippen MR) is 122 cm³/mol. The zero-order valence-electron chi connectivity index (χ0n) is 18.6. The molecule has 33 heavy (non-hydrogen) atoms. The Balaban J connectivity index is 1.44. The zero-order chi connectivity index (χ0) is 23.6. The molecule has 1 atom stereocenters. The second kappa shape index (κ2) is 9.61. The molecule has 2 aromatic carbocycles. The van der Waals surface area contributed by atoms with Crippen molar-refractivity contribution in [2.24, 2.45) is 0 Å². The van der Waals surface area contributed by atoms with E-state index in [1.54, 1.807) is 28.0 Å². The van der Waals surface area contributed by atoms with Crippen LogP contribution in [0.25, 0.3) is 0 Å². The molecule has 0 bridgehead atoms. The lowest BCUT2D eigenvalue weighted by molar-refractivity contribution is -0.129. The molecule has 4 rings (SSSR count). The Bertz CT molecular complexity index is 1130. The highest BCUT2D eigenvalue weighted by molar-refractivity contribution is 7.89. The number of halogens is 1. The summed E-state index contributed by atoms with van der Waals surface area (Å²) < 4.78 is 40.9. The van der Waals surface area contributed by atoms with Crippen LogP contribution in [-0.4, -0.2) is 73.1 Å². The molecule has 176 valence electrons. The third-order valence-electron chi connectivity index (χ3n) is 6.42. The van der Waals surface area contributed by atoms with Gasteiger partial charge in [0.25, 0.3) is 5.91 Å². The number of rotatable bonds is 5. The molecule has 2 amide bonds. The lowest BCUT2D eigenvalue weighted by atomic mass is 10.0. The smallest absolute Gasteiger partial charge is 0.254 e. The van der Waals surface area contributed by atoms with Crippen LogP contribution in [-0.2, 0) is 21.2 Å². The van der Waals surface area contributed by atoms with E-state index in [1.165, 1.54) is 35.5 Å². The van der Waals surface area contributed by atoms with Gasteiger partial charge in [-0.3, -0.25) is 9.59 Å². The molecule has 0 saturated carbocycles. The van der Waals surface area contributed by atoms with Crippen molar-refractivity contribution in [3.8, 4) is 0 Å². The van der Waals surface area contributed by atoms with Crippen LogP contribution >= 0.6 is 0 Å². The molecule has 0 radical (unpaired) electrons.